The fraction of sp³-hybridized carbons (Fsp3) is 0.444. The Kier molecular flexibility index (Phi) is 4.81. The summed E-state index contributed by atoms with van der Waals surface area (Å²) in [6, 6.07) is 12.6. The lowest BCUT2D eigenvalue weighted by Crippen LogP contribution is -2.42. The first kappa shape index (κ1) is 15.9. The number of hydrogen-bond acceptors (Lipinski definition) is 2. The summed E-state index contributed by atoms with van der Waals surface area (Å²) in [7, 11) is 1.66. The molecular formula is C18H21BrFNO. The fourth-order valence-corrected chi connectivity index (χ4v) is 4.29. The van der Waals surface area contributed by atoms with E-state index >= 15 is 0 Å². The molecule has 0 saturated carbocycles. The lowest BCUT2D eigenvalue weighted by Gasteiger charge is -2.38. The SMILES string of the molecule is CON1CCC(c2ccc3ccccc3c2Br)C(C(C)F)C1. The Labute approximate surface area is 139 Å². The second-order valence-electron chi connectivity index (χ2n) is 6.00. The van der Waals surface area contributed by atoms with Gasteiger partial charge in [-0.1, -0.05) is 36.4 Å². The number of piperidine rings is 1. The first-order chi connectivity index (χ1) is 10.6. The average Bonchev–Trinajstić information content (AvgIpc) is 2.55. The zero-order valence-corrected chi connectivity index (χ0v) is 14.5. The van der Waals surface area contributed by atoms with E-state index in [2.05, 4.69) is 40.2 Å². The first-order valence-corrected chi connectivity index (χ1v) is 8.51. The van der Waals surface area contributed by atoms with Gasteiger partial charge in [-0.2, -0.15) is 5.06 Å². The van der Waals surface area contributed by atoms with Gasteiger partial charge in [0.15, 0.2) is 0 Å². The predicted molar refractivity (Wildman–Crippen MR) is 91.6 cm³/mol. The van der Waals surface area contributed by atoms with Crippen LogP contribution in [0.15, 0.2) is 40.9 Å². The van der Waals surface area contributed by atoms with Crippen LogP contribution in [0.3, 0.4) is 0 Å². The molecule has 2 aromatic rings. The summed E-state index contributed by atoms with van der Waals surface area (Å²) in [5, 5.41) is 4.27. The van der Waals surface area contributed by atoms with E-state index in [9.17, 15) is 4.39 Å². The van der Waals surface area contributed by atoms with Crippen LogP contribution < -0.4 is 0 Å². The van der Waals surface area contributed by atoms with E-state index < -0.39 is 6.17 Å². The van der Waals surface area contributed by atoms with Gasteiger partial charge in [0.2, 0.25) is 0 Å². The quantitative estimate of drug-likeness (QED) is 0.764. The van der Waals surface area contributed by atoms with E-state index in [-0.39, 0.29) is 11.8 Å². The summed E-state index contributed by atoms with van der Waals surface area (Å²) in [6.07, 6.45) is 0.0466. The Morgan fingerprint density at radius 3 is 2.77 bits per heavy atom. The number of halogens is 2. The molecule has 1 aliphatic heterocycles. The Hall–Kier alpha value is -0.970. The second kappa shape index (κ2) is 6.65. The molecule has 4 heteroatoms. The highest BCUT2D eigenvalue weighted by molar-refractivity contribution is 9.10. The molecule has 0 aliphatic carbocycles. The molecule has 1 heterocycles. The molecule has 118 valence electrons. The Balaban J connectivity index is 2.00. The maximum absolute atomic E-state index is 14.2. The molecule has 22 heavy (non-hydrogen) atoms. The molecule has 0 radical (unpaired) electrons. The van der Waals surface area contributed by atoms with Crippen LogP contribution in [-0.2, 0) is 4.84 Å². The molecular weight excluding hydrogens is 345 g/mol. The topological polar surface area (TPSA) is 12.5 Å². The van der Waals surface area contributed by atoms with E-state index in [0.717, 1.165) is 17.4 Å². The standard InChI is InChI=1S/C18H21BrFNO/c1-12(20)17-11-21(22-2)10-9-15(17)16-8-7-13-5-3-4-6-14(13)18(16)19/h3-8,12,15,17H,9-11H2,1-2H3. The van der Waals surface area contributed by atoms with E-state index in [1.54, 1.807) is 14.0 Å². The van der Waals surface area contributed by atoms with Gasteiger partial charge in [-0.3, -0.25) is 0 Å². The summed E-state index contributed by atoms with van der Waals surface area (Å²) in [4.78, 5) is 5.31. The van der Waals surface area contributed by atoms with Crippen molar-refractivity contribution < 1.29 is 9.23 Å². The van der Waals surface area contributed by atoms with Crippen molar-refractivity contribution in [2.45, 2.75) is 25.4 Å². The van der Waals surface area contributed by atoms with Crippen LogP contribution in [0.25, 0.3) is 10.8 Å². The molecule has 0 aromatic heterocycles. The monoisotopic (exact) mass is 365 g/mol. The minimum Gasteiger partial charge on any atom is -0.302 e. The summed E-state index contributed by atoms with van der Waals surface area (Å²) in [5.74, 6) is 0.163. The lowest BCUT2D eigenvalue weighted by molar-refractivity contribution is -0.161. The van der Waals surface area contributed by atoms with E-state index in [1.807, 2.05) is 17.2 Å². The smallest absolute Gasteiger partial charge is 0.102 e. The number of rotatable bonds is 3. The maximum atomic E-state index is 14.2. The third-order valence-corrected chi connectivity index (χ3v) is 5.65. The van der Waals surface area contributed by atoms with Gasteiger partial charge >= 0.3 is 0 Å². The second-order valence-corrected chi connectivity index (χ2v) is 6.79. The zero-order valence-electron chi connectivity index (χ0n) is 12.9. The van der Waals surface area contributed by atoms with Crippen molar-refractivity contribution in [2.24, 2.45) is 5.92 Å². The fourth-order valence-electron chi connectivity index (χ4n) is 3.50. The molecule has 0 spiro atoms. The third-order valence-electron chi connectivity index (χ3n) is 4.76. The summed E-state index contributed by atoms with van der Waals surface area (Å²) in [5.41, 5.74) is 1.21. The summed E-state index contributed by atoms with van der Waals surface area (Å²) in [6.45, 7) is 3.13. The van der Waals surface area contributed by atoms with Gasteiger partial charge < -0.3 is 4.84 Å². The van der Waals surface area contributed by atoms with Crippen molar-refractivity contribution in [3.63, 3.8) is 0 Å². The van der Waals surface area contributed by atoms with Crippen molar-refractivity contribution >= 4 is 26.7 Å². The van der Waals surface area contributed by atoms with E-state index in [4.69, 9.17) is 4.84 Å². The largest absolute Gasteiger partial charge is 0.302 e. The zero-order chi connectivity index (χ0) is 15.7. The molecule has 0 amide bonds. The van der Waals surface area contributed by atoms with Gasteiger partial charge in [0.05, 0.1) is 7.11 Å². The highest BCUT2D eigenvalue weighted by atomic mass is 79.9. The van der Waals surface area contributed by atoms with Crippen LogP contribution in [-0.4, -0.2) is 31.4 Å². The Morgan fingerprint density at radius 1 is 1.27 bits per heavy atom. The van der Waals surface area contributed by atoms with Crippen LogP contribution in [0, 0.1) is 5.92 Å². The van der Waals surface area contributed by atoms with Crippen LogP contribution in [0.4, 0.5) is 4.39 Å². The lowest BCUT2D eigenvalue weighted by atomic mass is 9.78. The van der Waals surface area contributed by atoms with Crippen LogP contribution in [0.5, 0.6) is 0 Å². The first-order valence-electron chi connectivity index (χ1n) is 7.72. The van der Waals surface area contributed by atoms with Crippen molar-refractivity contribution in [3.05, 3.63) is 46.4 Å². The Morgan fingerprint density at radius 2 is 2.05 bits per heavy atom. The summed E-state index contributed by atoms with van der Waals surface area (Å²) >= 11 is 3.76. The van der Waals surface area contributed by atoms with Crippen molar-refractivity contribution in [3.8, 4) is 0 Å². The number of fused-ring (bicyclic) bond motifs is 1. The molecule has 3 atom stereocenters. The number of benzene rings is 2. The van der Waals surface area contributed by atoms with Gasteiger partial charge in [0.1, 0.15) is 6.17 Å². The van der Waals surface area contributed by atoms with Gasteiger partial charge in [-0.25, -0.2) is 4.39 Å². The van der Waals surface area contributed by atoms with Gasteiger partial charge in [-0.05, 0) is 51.5 Å². The predicted octanol–water partition coefficient (Wildman–Crippen LogP) is 4.93. The molecule has 3 unspecified atom stereocenters. The summed E-state index contributed by atoms with van der Waals surface area (Å²) < 4.78 is 15.3. The van der Waals surface area contributed by atoms with Crippen LogP contribution in [0.1, 0.15) is 24.8 Å². The molecule has 1 saturated heterocycles. The highest BCUT2D eigenvalue weighted by Gasteiger charge is 2.35. The molecule has 2 nitrogen and oxygen atoms in total. The molecule has 1 fully saturated rings. The van der Waals surface area contributed by atoms with Gasteiger partial charge in [0.25, 0.3) is 0 Å². The van der Waals surface area contributed by atoms with Crippen LogP contribution in [0.2, 0.25) is 0 Å². The van der Waals surface area contributed by atoms with E-state index in [0.29, 0.717) is 6.54 Å². The van der Waals surface area contributed by atoms with E-state index in [1.165, 1.54) is 16.3 Å². The van der Waals surface area contributed by atoms with Crippen LogP contribution >= 0.6 is 15.9 Å². The molecule has 0 bridgehead atoms. The van der Waals surface area contributed by atoms with Crippen molar-refractivity contribution in [1.29, 1.82) is 0 Å². The van der Waals surface area contributed by atoms with Crippen molar-refractivity contribution in [1.82, 2.24) is 5.06 Å². The molecule has 3 rings (SSSR count). The molecule has 2 aromatic carbocycles. The Bertz CT molecular complexity index is 661. The number of hydrogen-bond donors (Lipinski definition) is 0. The average molecular weight is 366 g/mol. The number of nitrogens with zero attached hydrogens (tertiary/aromatic N) is 1. The minimum absolute atomic E-state index is 0.0498. The number of alkyl halides is 1. The van der Waals surface area contributed by atoms with Crippen molar-refractivity contribution in [2.75, 3.05) is 20.2 Å². The van der Waals surface area contributed by atoms with Gasteiger partial charge in [-0.15, -0.1) is 0 Å². The highest BCUT2D eigenvalue weighted by Crippen LogP contribution is 2.41. The normalized spacial score (nSPS) is 24.5. The molecule has 0 N–H and O–H groups in total. The van der Waals surface area contributed by atoms with Gasteiger partial charge in [0, 0.05) is 23.5 Å². The third kappa shape index (κ3) is 2.92. The minimum atomic E-state index is -0.860. The number of hydroxylamine groups is 2. The molecule has 1 aliphatic rings. The maximum Gasteiger partial charge on any atom is 0.102 e.